The molecular weight excluding hydrogens is 1630 g/mol. The van der Waals surface area contributed by atoms with E-state index in [1.165, 1.54) is 101 Å². The zero-order valence-corrected chi connectivity index (χ0v) is 82.2. The van der Waals surface area contributed by atoms with Crippen molar-refractivity contribution in [1.29, 1.82) is 0 Å². The summed E-state index contributed by atoms with van der Waals surface area (Å²) in [6.07, 6.45) is 0. The Kier molecular flexibility index (Phi) is 37.7. The average molecular weight is 1760 g/mol. The van der Waals surface area contributed by atoms with Gasteiger partial charge in [-0.15, -0.1) is 29.1 Å². The number of hydrogen-bond acceptors (Lipinski definition) is 20. The van der Waals surface area contributed by atoms with Crippen molar-refractivity contribution in [2.75, 3.05) is 0 Å². The van der Waals surface area contributed by atoms with Crippen LogP contribution < -0.4 is 13.8 Å². The molecule has 0 atom stereocenters. The Morgan fingerprint density at radius 1 is 0.411 bits per heavy atom. The van der Waals surface area contributed by atoms with E-state index in [0.717, 1.165) is 144 Å². The second-order valence-corrected chi connectivity index (χ2v) is 33.5. The van der Waals surface area contributed by atoms with Crippen LogP contribution in [0.15, 0.2) is 4.42 Å². The highest BCUT2D eigenvalue weighted by molar-refractivity contribution is 8.11. The van der Waals surface area contributed by atoms with E-state index in [-0.39, 0.29) is 16.7 Å². The standard InChI is InChI=1S/C15H21N3.C14H19N3.2C13H18N4.C12H16N4.C7H10N2O2.C6H7NO3.C6H7NO2S.C2H4O2.C2H4S2/c1-8-9(2)11(4)16-14(10(8)3)15-17-12(5)13(6)18(15)7;1-7-8(2)10(4)15-13(9(7)3)14-16-11(5)12(6)17-14;1-7-8(2)10(4)14-12(9(7)3)13-16-15-11(5)17(13)6;1-7-8(2)10(4)14-12(9(7)3)13-15-11(5)16-17(13)6;1-6-7(2)9(4)13-11(8(6)3)12-14-10(5)15-16-12;1-4-5(2)9(3)6(8-4)7(10)11;2*1-3-4(2)10-5(7-3)6(8)9;2*1-2(3)4/h1-7H3;1-6H3,(H,16,17);2*1-6H3;1-5H3,(H,14,15,16);1-3H3,(H,10,11);2*1-2H3,(H,8,9);2*1H3,(H,3,4)/p+3. The summed E-state index contributed by atoms with van der Waals surface area (Å²) in [7, 11) is 7.74. The van der Waals surface area contributed by atoms with Crippen LogP contribution in [0.4, 0.5) is 0 Å². The molecule has 13 heterocycles. The lowest BCUT2D eigenvalue weighted by atomic mass is 10.0. The number of aromatic nitrogens is 22. The first-order valence-electron chi connectivity index (χ1n) is 39.8. The molecule has 34 heteroatoms. The summed E-state index contributed by atoms with van der Waals surface area (Å²) in [5.41, 5.74) is 36.8. The van der Waals surface area contributed by atoms with Gasteiger partial charge in [-0.25, -0.2) is 78.3 Å². The molecule has 0 aliphatic carbocycles. The maximum atomic E-state index is 10.5. The maximum Gasteiger partial charge on any atom is 0.392 e. The minimum Gasteiger partial charge on any atom is -0.481 e. The highest BCUT2D eigenvalue weighted by Gasteiger charge is 2.27. The zero-order valence-electron chi connectivity index (χ0n) is 79.7. The lowest BCUT2D eigenvalue weighted by Crippen LogP contribution is -2.33. The first kappa shape index (κ1) is 104. The van der Waals surface area contributed by atoms with Crippen LogP contribution in [0.25, 0.3) is 57.6 Å². The molecule has 9 N–H and O–H groups in total. The second kappa shape index (κ2) is 44.8. The number of carboxylic acid groups (broad SMARTS) is 4. The van der Waals surface area contributed by atoms with Crippen LogP contribution in [0.2, 0.25) is 0 Å². The molecule has 0 unspecified atom stereocenters. The minimum absolute atomic E-state index is 0.0972. The van der Waals surface area contributed by atoms with E-state index in [2.05, 4.69) is 246 Å². The first-order valence-corrected chi connectivity index (χ1v) is 41.5. The Morgan fingerprint density at radius 3 is 1.13 bits per heavy atom. The summed E-state index contributed by atoms with van der Waals surface area (Å²) in [6.45, 7) is 69.7. The van der Waals surface area contributed by atoms with Crippen molar-refractivity contribution in [1.82, 2.24) is 94.9 Å². The molecule has 124 heavy (non-hydrogen) atoms. The van der Waals surface area contributed by atoms with Crippen molar-refractivity contribution < 1.29 is 57.8 Å². The van der Waals surface area contributed by atoms with Crippen molar-refractivity contribution >= 4 is 64.3 Å². The average Bonchev–Trinajstić information content (AvgIpc) is 1.53. The lowest BCUT2D eigenvalue weighted by Gasteiger charge is -2.11. The van der Waals surface area contributed by atoms with Gasteiger partial charge in [0.15, 0.2) is 23.0 Å². The molecule has 0 aliphatic rings. The number of imidazole rings is 3. The molecule has 31 nitrogen and oxygen atoms in total. The quantitative estimate of drug-likeness (QED) is 0.0384. The molecule has 666 valence electrons. The predicted molar refractivity (Wildman–Crippen MR) is 492 cm³/mol. The van der Waals surface area contributed by atoms with E-state index >= 15 is 0 Å². The number of hydrogen-bond donors (Lipinski definition) is 10. The van der Waals surface area contributed by atoms with E-state index in [9.17, 15) is 14.4 Å². The molecule has 0 amide bonds. The molecule has 13 aromatic rings. The number of carboxylic acids is 4. The predicted octanol–water partition coefficient (Wildman–Crippen LogP) is 16.7. The molecule has 0 saturated heterocycles. The highest BCUT2D eigenvalue weighted by Crippen LogP contribution is 2.30. The lowest BCUT2D eigenvalue weighted by molar-refractivity contribution is -0.718. The molecule has 13 aromatic heterocycles. The van der Waals surface area contributed by atoms with Gasteiger partial charge in [-0.1, -0.05) is 12.2 Å². The number of pyridine rings is 5. The van der Waals surface area contributed by atoms with Crippen molar-refractivity contribution in [3.05, 3.63) is 202 Å². The third-order valence-corrected chi connectivity index (χ3v) is 23.4. The van der Waals surface area contributed by atoms with Crippen LogP contribution in [-0.4, -0.2) is 143 Å². The smallest absolute Gasteiger partial charge is 0.392 e. The number of carbonyl (C=O) groups is 4. The van der Waals surface area contributed by atoms with Crippen LogP contribution >= 0.6 is 36.2 Å². The van der Waals surface area contributed by atoms with E-state index in [1.54, 1.807) is 46.2 Å². The highest BCUT2D eigenvalue weighted by atomic mass is 32.1. The van der Waals surface area contributed by atoms with Crippen molar-refractivity contribution in [2.45, 2.75) is 242 Å². The number of oxazole rings is 1. The number of thiocarbonyl (C=S) groups is 1. The molecule has 0 fully saturated rings. The number of thiol groups is 1. The van der Waals surface area contributed by atoms with Gasteiger partial charge in [0.2, 0.25) is 22.5 Å². The fourth-order valence-corrected chi connectivity index (χ4v) is 12.7. The summed E-state index contributed by atoms with van der Waals surface area (Å²) in [6, 6.07) is 0. The third-order valence-electron chi connectivity index (χ3n) is 22.3. The Hall–Kier alpha value is -12.0. The number of aliphatic carboxylic acids is 1. The molecule has 0 bridgehead atoms. The van der Waals surface area contributed by atoms with E-state index in [1.807, 2.05) is 99.5 Å². The van der Waals surface area contributed by atoms with Gasteiger partial charge in [0.25, 0.3) is 5.97 Å². The van der Waals surface area contributed by atoms with Crippen LogP contribution in [0.3, 0.4) is 0 Å². The summed E-state index contributed by atoms with van der Waals surface area (Å²) in [4.78, 5) is 95.8. The molecule has 13 rings (SSSR count). The van der Waals surface area contributed by atoms with Crippen molar-refractivity contribution in [3.63, 3.8) is 0 Å². The van der Waals surface area contributed by atoms with E-state index in [4.69, 9.17) is 34.6 Å². The van der Waals surface area contributed by atoms with Crippen molar-refractivity contribution in [3.8, 4) is 57.6 Å². The number of aryl methyl sites for hydroxylation is 17. The van der Waals surface area contributed by atoms with E-state index < -0.39 is 23.9 Å². The largest absolute Gasteiger partial charge is 0.481 e. The molecule has 0 aromatic carbocycles. The summed E-state index contributed by atoms with van der Waals surface area (Å²) >= 11 is 9.31. The Balaban J connectivity index is 0.000000296. The van der Waals surface area contributed by atoms with Crippen LogP contribution in [0.5, 0.6) is 0 Å². The van der Waals surface area contributed by atoms with E-state index in [0.29, 0.717) is 21.5 Å². The monoisotopic (exact) mass is 1760 g/mol. The first-order chi connectivity index (χ1) is 57.3. The number of aromatic carboxylic acids is 3. The number of H-pyrrole nitrogens is 5. The van der Waals surface area contributed by atoms with Gasteiger partial charge in [0.05, 0.1) is 36.9 Å². The molecule has 0 spiro atoms. The number of thiazole rings is 1. The van der Waals surface area contributed by atoms with Crippen molar-refractivity contribution in [2.24, 2.45) is 28.2 Å². The summed E-state index contributed by atoms with van der Waals surface area (Å²) in [5, 5.41) is 50.5. The third kappa shape index (κ3) is 26.5. The van der Waals surface area contributed by atoms with Gasteiger partial charge in [0.1, 0.15) is 47.1 Å². The minimum atomic E-state index is -1.13. The topological polar surface area (TPSA) is 425 Å². The molecule has 0 saturated carbocycles. The fraction of sp³-hybridized carbons (Fsp3) is 0.433. The number of nitrogens with zero attached hydrogens (tertiary/aromatic N) is 17. The molecular formula is C90H127N22O9S3+3. The summed E-state index contributed by atoms with van der Waals surface area (Å²) < 4.78 is 13.2. The maximum absolute atomic E-state index is 10.5. The Morgan fingerprint density at radius 2 is 0.831 bits per heavy atom. The SMILES string of the molecule is CC(=O)O.CC(=S)S.Cc1nc(-c2[nH]c(C)c(C)[n+]2C)c(C)c(C)c1C.Cc1nc(-c2n[nH]c(C)[n+]2C)c(C)c(C)c1C.Cc1nc(-c2nc(C)c(C)c(C)c2C)[n+](C)[nH]1.Cc1nc(-c2nc(C)c(C)c(C)c2C)[nH]c1C.Cc1nc(-c2nc(C)c(C)c(C)c2C)n[nH]1.Cc1nc(C(=O)O)n(C)c1C.Cc1nc(C(=O)O)oc1C.Cc1nc(C(=O)O)sc1C. The van der Waals surface area contributed by atoms with Gasteiger partial charge in [0, 0.05) is 95.7 Å². The fourth-order valence-electron chi connectivity index (χ4n) is 12.0. The van der Waals surface area contributed by atoms with Crippen LogP contribution in [0.1, 0.15) is 231 Å². The van der Waals surface area contributed by atoms with Crippen LogP contribution in [-0.2, 0) is 33.0 Å². The Bertz CT molecular complexity index is 5880. The van der Waals surface area contributed by atoms with Crippen LogP contribution in [0, 0.1) is 228 Å². The summed E-state index contributed by atoms with van der Waals surface area (Å²) in [5.74, 6) is 3.70. The van der Waals surface area contributed by atoms with Gasteiger partial charge in [-0.3, -0.25) is 9.89 Å². The molecule has 0 radical (unpaired) electrons. The number of nitrogens with one attached hydrogen (secondary N) is 5. The van der Waals surface area contributed by atoms with Gasteiger partial charge in [-0.2, -0.15) is 14.9 Å². The van der Waals surface area contributed by atoms with Gasteiger partial charge >= 0.3 is 41.3 Å². The zero-order chi connectivity index (χ0) is 94.9. The second-order valence-electron chi connectivity index (χ2n) is 30.7. The normalized spacial score (nSPS) is 10.4. The van der Waals surface area contributed by atoms with Gasteiger partial charge in [-0.05, 0) is 296 Å². The number of rotatable bonds is 8. The Labute approximate surface area is 743 Å². The molecule has 0 aliphatic heterocycles. The number of aromatic amines is 5. The van der Waals surface area contributed by atoms with Gasteiger partial charge < -0.3 is 34.4 Å².